The van der Waals surface area contributed by atoms with Crippen LogP contribution in [0.25, 0.3) is 0 Å². The van der Waals surface area contributed by atoms with Gasteiger partial charge in [-0.25, -0.2) is 9.59 Å². The summed E-state index contributed by atoms with van der Waals surface area (Å²) in [6.07, 6.45) is 2.96. The smallest absolute Gasteiger partial charge is 0.347 e. The standard InChI is InChI=1S/C11H8O3/c12-10-8-5-4-6-2-1-3-7(6)9(8)11(13)14-10/h4-5H,1-3H2. The molecule has 0 radical (unpaired) electrons. The Kier molecular flexibility index (Phi) is 1.35. The molecule has 1 aliphatic heterocycles. The maximum Gasteiger partial charge on any atom is 0.347 e. The summed E-state index contributed by atoms with van der Waals surface area (Å²) in [6.45, 7) is 0. The number of fused-ring (bicyclic) bond motifs is 3. The first-order chi connectivity index (χ1) is 6.77. The third-order valence-electron chi connectivity index (χ3n) is 2.89. The molecule has 3 rings (SSSR count). The van der Waals surface area contributed by atoms with Crippen molar-refractivity contribution in [1.29, 1.82) is 0 Å². The number of carbonyl (C=O) groups excluding carboxylic acids is 2. The van der Waals surface area contributed by atoms with Gasteiger partial charge in [-0.3, -0.25) is 0 Å². The van der Waals surface area contributed by atoms with Crippen LogP contribution in [-0.4, -0.2) is 11.9 Å². The Morgan fingerprint density at radius 2 is 1.93 bits per heavy atom. The van der Waals surface area contributed by atoms with Crippen molar-refractivity contribution in [1.82, 2.24) is 0 Å². The second kappa shape index (κ2) is 2.44. The highest BCUT2D eigenvalue weighted by Gasteiger charge is 2.34. The number of carbonyl (C=O) groups is 2. The molecule has 1 heterocycles. The van der Waals surface area contributed by atoms with Crippen LogP contribution in [0.2, 0.25) is 0 Å². The first-order valence-corrected chi connectivity index (χ1v) is 4.68. The van der Waals surface area contributed by atoms with Crippen LogP contribution >= 0.6 is 0 Å². The van der Waals surface area contributed by atoms with Crippen LogP contribution in [0.4, 0.5) is 0 Å². The number of ether oxygens (including phenoxy) is 1. The van der Waals surface area contributed by atoms with Gasteiger partial charge >= 0.3 is 11.9 Å². The van der Waals surface area contributed by atoms with E-state index in [0.717, 1.165) is 24.8 Å². The fourth-order valence-electron chi connectivity index (χ4n) is 2.26. The van der Waals surface area contributed by atoms with Crippen LogP contribution < -0.4 is 0 Å². The lowest BCUT2D eigenvalue weighted by Crippen LogP contribution is -1.99. The van der Waals surface area contributed by atoms with Crippen LogP contribution in [-0.2, 0) is 17.6 Å². The van der Waals surface area contributed by atoms with Crippen LogP contribution in [0, 0.1) is 0 Å². The number of cyclic esters (lactones) is 2. The SMILES string of the molecule is O=C1OC(=O)c2c1ccc1c2CCC1. The molecule has 0 fully saturated rings. The Morgan fingerprint density at radius 1 is 1.07 bits per heavy atom. The van der Waals surface area contributed by atoms with E-state index < -0.39 is 11.9 Å². The first-order valence-electron chi connectivity index (χ1n) is 4.68. The van der Waals surface area contributed by atoms with Crippen molar-refractivity contribution in [2.45, 2.75) is 19.3 Å². The third kappa shape index (κ3) is 0.816. The molecule has 0 N–H and O–H groups in total. The summed E-state index contributed by atoms with van der Waals surface area (Å²) in [5, 5.41) is 0. The topological polar surface area (TPSA) is 43.4 Å². The van der Waals surface area contributed by atoms with Crippen LogP contribution in [0.3, 0.4) is 0 Å². The minimum atomic E-state index is -0.500. The van der Waals surface area contributed by atoms with Gasteiger partial charge in [-0.2, -0.15) is 0 Å². The van der Waals surface area contributed by atoms with Gasteiger partial charge in [-0.05, 0) is 36.5 Å². The molecule has 0 bridgehead atoms. The normalized spacial score (nSPS) is 18.0. The fourth-order valence-corrected chi connectivity index (χ4v) is 2.26. The zero-order valence-corrected chi connectivity index (χ0v) is 7.50. The van der Waals surface area contributed by atoms with E-state index in [0.29, 0.717) is 11.1 Å². The molecule has 0 saturated heterocycles. The second-order valence-corrected chi connectivity index (χ2v) is 3.66. The predicted octanol–water partition coefficient (Wildman–Crippen LogP) is 1.49. The van der Waals surface area contributed by atoms with E-state index in [2.05, 4.69) is 4.74 Å². The summed E-state index contributed by atoms with van der Waals surface area (Å²) in [5.41, 5.74) is 3.18. The van der Waals surface area contributed by atoms with Gasteiger partial charge in [0.25, 0.3) is 0 Å². The number of benzene rings is 1. The lowest BCUT2D eigenvalue weighted by Gasteiger charge is -2.01. The highest BCUT2D eigenvalue weighted by Crippen LogP contribution is 2.31. The molecule has 1 aliphatic carbocycles. The van der Waals surface area contributed by atoms with E-state index in [1.807, 2.05) is 6.07 Å². The molecule has 70 valence electrons. The average molecular weight is 188 g/mol. The fraction of sp³-hybridized carbons (Fsp3) is 0.273. The van der Waals surface area contributed by atoms with Crippen LogP contribution in [0.5, 0.6) is 0 Å². The number of hydrogen-bond acceptors (Lipinski definition) is 3. The molecule has 0 unspecified atom stereocenters. The largest absolute Gasteiger partial charge is 0.386 e. The van der Waals surface area contributed by atoms with Crippen molar-refractivity contribution in [3.8, 4) is 0 Å². The lowest BCUT2D eigenvalue weighted by atomic mass is 9.99. The number of esters is 2. The highest BCUT2D eigenvalue weighted by molar-refractivity contribution is 6.15. The summed E-state index contributed by atoms with van der Waals surface area (Å²) in [6, 6.07) is 3.63. The summed E-state index contributed by atoms with van der Waals surface area (Å²) in [7, 11) is 0. The van der Waals surface area contributed by atoms with Crippen molar-refractivity contribution >= 4 is 11.9 Å². The van der Waals surface area contributed by atoms with Crippen LogP contribution in [0.15, 0.2) is 12.1 Å². The molecule has 1 aromatic carbocycles. The van der Waals surface area contributed by atoms with E-state index in [-0.39, 0.29) is 0 Å². The van der Waals surface area contributed by atoms with E-state index in [4.69, 9.17) is 0 Å². The van der Waals surface area contributed by atoms with Gasteiger partial charge in [0.05, 0.1) is 11.1 Å². The molecular formula is C11H8O3. The zero-order valence-electron chi connectivity index (χ0n) is 7.50. The summed E-state index contributed by atoms with van der Waals surface area (Å²) >= 11 is 0. The number of hydrogen-bond donors (Lipinski definition) is 0. The molecule has 0 atom stereocenters. The van der Waals surface area contributed by atoms with E-state index in [1.165, 1.54) is 5.56 Å². The molecule has 1 aromatic rings. The van der Waals surface area contributed by atoms with Gasteiger partial charge in [0.15, 0.2) is 0 Å². The Hall–Kier alpha value is -1.64. The number of aryl methyl sites for hydroxylation is 1. The Morgan fingerprint density at radius 3 is 2.79 bits per heavy atom. The minimum Gasteiger partial charge on any atom is -0.386 e. The summed E-state index contributed by atoms with van der Waals surface area (Å²) in [4.78, 5) is 22.6. The quantitative estimate of drug-likeness (QED) is 0.457. The van der Waals surface area contributed by atoms with E-state index >= 15 is 0 Å². The van der Waals surface area contributed by atoms with Crippen molar-refractivity contribution in [3.63, 3.8) is 0 Å². The van der Waals surface area contributed by atoms with Crippen LogP contribution in [0.1, 0.15) is 38.3 Å². The van der Waals surface area contributed by atoms with Gasteiger partial charge < -0.3 is 4.74 Å². The molecule has 0 amide bonds. The van der Waals surface area contributed by atoms with Gasteiger partial charge in [0, 0.05) is 0 Å². The molecule has 2 aliphatic rings. The maximum atomic E-state index is 11.4. The monoisotopic (exact) mass is 188 g/mol. The average Bonchev–Trinajstić information content (AvgIpc) is 2.71. The lowest BCUT2D eigenvalue weighted by molar-refractivity contribution is 0.0443. The third-order valence-corrected chi connectivity index (χ3v) is 2.89. The molecule has 3 heteroatoms. The van der Waals surface area contributed by atoms with E-state index in [1.54, 1.807) is 6.07 Å². The second-order valence-electron chi connectivity index (χ2n) is 3.66. The van der Waals surface area contributed by atoms with Crippen molar-refractivity contribution in [3.05, 3.63) is 34.4 Å². The maximum absolute atomic E-state index is 11.4. The van der Waals surface area contributed by atoms with Crippen molar-refractivity contribution in [2.75, 3.05) is 0 Å². The van der Waals surface area contributed by atoms with Crippen molar-refractivity contribution in [2.24, 2.45) is 0 Å². The number of rotatable bonds is 0. The summed E-state index contributed by atoms with van der Waals surface area (Å²) in [5.74, 6) is -0.969. The molecule has 0 saturated carbocycles. The van der Waals surface area contributed by atoms with Crippen molar-refractivity contribution < 1.29 is 14.3 Å². The first kappa shape index (κ1) is 7.74. The Bertz CT molecular complexity index is 460. The zero-order chi connectivity index (χ0) is 9.71. The van der Waals surface area contributed by atoms with E-state index in [9.17, 15) is 9.59 Å². The Balaban J connectivity index is 2.33. The van der Waals surface area contributed by atoms with Gasteiger partial charge in [-0.15, -0.1) is 0 Å². The summed E-state index contributed by atoms with van der Waals surface area (Å²) < 4.78 is 4.58. The van der Waals surface area contributed by atoms with Gasteiger partial charge in [-0.1, -0.05) is 6.07 Å². The molecule has 3 nitrogen and oxygen atoms in total. The van der Waals surface area contributed by atoms with Gasteiger partial charge in [0.1, 0.15) is 0 Å². The molecular weight excluding hydrogens is 180 g/mol. The predicted molar refractivity (Wildman–Crippen MR) is 48.2 cm³/mol. The molecule has 14 heavy (non-hydrogen) atoms. The van der Waals surface area contributed by atoms with Gasteiger partial charge in [0.2, 0.25) is 0 Å². The minimum absolute atomic E-state index is 0.440. The Labute approximate surface area is 80.7 Å². The molecule has 0 aromatic heterocycles. The highest BCUT2D eigenvalue weighted by atomic mass is 16.6. The molecule has 0 spiro atoms.